The maximum absolute atomic E-state index is 13.8. The molecule has 0 amide bonds. The van der Waals surface area contributed by atoms with Crippen LogP contribution in [0.15, 0.2) is 46.2 Å². The second-order valence-corrected chi connectivity index (χ2v) is 5.11. The van der Waals surface area contributed by atoms with Crippen LogP contribution in [0.5, 0.6) is 11.5 Å². The molecular formula is C14H12FNO4S. The zero-order valence-corrected chi connectivity index (χ0v) is 12.1. The number of ether oxygens (including phenoxy) is 2. The van der Waals surface area contributed by atoms with Crippen molar-refractivity contribution < 1.29 is 18.8 Å². The van der Waals surface area contributed by atoms with Crippen LogP contribution >= 0.6 is 11.8 Å². The van der Waals surface area contributed by atoms with Crippen molar-refractivity contribution in [2.24, 2.45) is 0 Å². The van der Waals surface area contributed by atoms with Gasteiger partial charge in [-0.3, -0.25) is 10.1 Å². The van der Waals surface area contributed by atoms with Gasteiger partial charge in [0, 0.05) is 17.0 Å². The SMILES string of the molecule is COc1ccc(Sc2cc(OC)cc(F)c2[N+](=O)[O-])cc1. The molecule has 0 N–H and O–H groups in total. The summed E-state index contributed by atoms with van der Waals surface area (Å²) in [7, 11) is 2.92. The Kier molecular flexibility index (Phi) is 4.64. The number of nitro benzene ring substituents is 1. The van der Waals surface area contributed by atoms with E-state index in [9.17, 15) is 14.5 Å². The van der Waals surface area contributed by atoms with Gasteiger partial charge in [0.25, 0.3) is 0 Å². The van der Waals surface area contributed by atoms with Crippen molar-refractivity contribution >= 4 is 17.4 Å². The van der Waals surface area contributed by atoms with E-state index in [-0.39, 0.29) is 10.6 Å². The third-order valence-corrected chi connectivity index (χ3v) is 3.75. The molecule has 0 fully saturated rings. The van der Waals surface area contributed by atoms with Gasteiger partial charge in [0.2, 0.25) is 5.82 Å². The van der Waals surface area contributed by atoms with Gasteiger partial charge in [-0.1, -0.05) is 11.8 Å². The molecular weight excluding hydrogens is 297 g/mol. The van der Waals surface area contributed by atoms with Crippen LogP contribution in [0.25, 0.3) is 0 Å². The van der Waals surface area contributed by atoms with Gasteiger partial charge in [-0.15, -0.1) is 0 Å². The predicted octanol–water partition coefficient (Wildman–Crippen LogP) is 3.90. The van der Waals surface area contributed by atoms with Gasteiger partial charge >= 0.3 is 5.69 Å². The Balaban J connectivity index is 2.41. The normalized spacial score (nSPS) is 10.2. The van der Waals surface area contributed by atoms with Gasteiger partial charge in [0.1, 0.15) is 11.5 Å². The van der Waals surface area contributed by atoms with Crippen molar-refractivity contribution in [3.05, 3.63) is 52.3 Å². The molecule has 0 saturated heterocycles. The Morgan fingerprint density at radius 2 is 1.71 bits per heavy atom. The summed E-state index contributed by atoms with van der Waals surface area (Å²) in [6.07, 6.45) is 0. The molecule has 0 aliphatic heterocycles. The van der Waals surface area contributed by atoms with E-state index in [4.69, 9.17) is 9.47 Å². The Hall–Kier alpha value is -2.28. The minimum Gasteiger partial charge on any atom is -0.497 e. The van der Waals surface area contributed by atoms with Gasteiger partial charge in [0.15, 0.2) is 0 Å². The van der Waals surface area contributed by atoms with Crippen molar-refractivity contribution in [2.45, 2.75) is 9.79 Å². The summed E-state index contributed by atoms with van der Waals surface area (Å²) >= 11 is 1.09. The summed E-state index contributed by atoms with van der Waals surface area (Å²) in [5.74, 6) is -0.0184. The summed E-state index contributed by atoms with van der Waals surface area (Å²) in [5.41, 5.74) is -0.559. The topological polar surface area (TPSA) is 61.6 Å². The fraction of sp³-hybridized carbons (Fsp3) is 0.143. The highest BCUT2D eigenvalue weighted by Crippen LogP contribution is 2.39. The number of benzene rings is 2. The van der Waals surface area contributed by atoms with Crippen LogP contribution in [0.1, 0.15) is 0 Å². The van der Waals surface area contributed by atoms with E-state index in [0.29, 0.717) is 5.75 Å². The highest BCUT2D eigenvalue weighted by atomic mass is 32.2. The van der Waals surface area contributed by atoms with E-state index in [1.54, 1.807) is 31.4 Å². The fourth-order valence-corrected chi connectivity index (χ4v) is 2.66. The van der Waals surface area contributed by atoms with Gasteiger partial charge < -0.3 is 9.47 Å². The molecule has 2 aromatic rings. The largest absolute Gasteiger partial charge is 0.497 e. The molecule has 21 heavy (non-hydrogen) atoms. The summed E-state index contributed by atoms with van der Waals surface area (Å²) < 4.78 is 23.8. The quantitative estimate of drug-likeness (QED) is 0.619. The third kappa shape index (κ3) is 3.43. The van der Waals surface area contributed by atoms with E-state index in [1.807, 2.05) is 0 Å². The Bertz CT molecular complexity index is 661. The molecule has 0 bridgehead atoms. The number of nitro groups is 1. The lowest BCUT2D eigenvalue weighted by atomic mass is 10.3. The minimum absolute atomic E-state index is 0.182. The molecule has 0 heterocycles. The zero-order valence-electron chi connectivity index (χ0n) is 11.3. The molecule has 2 rings (SSSR count). The number of hydrogen-bond acceptors (Lipinski definition) is 5. The lowest BCUT2D eigenvalue weighted by Crippen LogP contribution is -1.96. The van der Waals surface area contributed by atoms with Crippen LogP contribution in [0.2, 0.25) is 0 Å². The van der Waals surface area contributed by atoms with Gasteiger partial charge in [0.05, 0.1) is 24.0 Å². The summed E-state index contributed by atoms with van der Waals surface area (Å²) in [6.45, 7) is 0. The first kappa shape index (κ1) is 15.1. The zero-order chi connectivity index (χ0) is 15.4. The molecule has 0 spiro atoms. The second kappa shape index (κ2) is 6.45. The number of rotatable bonds is 5. The lowest BCUT2D eigenvalue weighted by Gasteiger charge is -2.07. The Morgan fingerprint density at radius 3 is 2.24 bits per heavy atom. The highest BCUT2D eigenvalue weighted by Gasteiger charge is 2.23. The first-order valence-electron chi connectivity index (χ1n) is 5.89. The second-order valence-electron chi connectivity index (χ2n) is 3.99. The number of hydrogen-bond donors (Lipinski definition) is 0. The van der Waals surface area contributed by atoms with Crippen LogP contribution < -0.4 is 9.47 Å². The molecule has 0 atom stereocenters. The van der Waals surface area contributed by atoms with E-state index in [2.05, 4.69) is 0 Å². The molecule has 2 aromatic carbocycles. The molecule has 7 heteroatoms. The summed E-state index contributed by atoms with van der Waals surface area (Å²) in [6, 6.07) is 9.37. The van der Waals surface area contributed by atoms with Crippen LogP contribution in [0.3, 0.4) is 0 Å². The number of methoxy groups -OCH3 is 2. The van der Waals surface area contributed by atoms with E-state index in [1.165, 1.54) is 13.2 Å². The monoisotopic (exact) mass is 309 g/mol. The van der Waals surface area contributed by atoms with E-state index >= 15 is 0 Å². The van der Waals surface area contributed by atoms with Crippen molar-refractivity contribution in [3.63, 3.8) is 0 Å². The maximum atomic E-state index is 13.8. The molecule has 0 aromatic heterocycles. The molecule has 5 nitrogen and oxygen atoms in total. The van der Waals surface area contributed by atoms with E-state index in [0.717, 1.165) is 22.7 Å². The van der Waals surface area contributed by atoms with E-state index < -0.39 is 16.4 Å². The molecule has 0 aliphatic rings. The predicted molar refractivity (Wildman–Crippen MR) is 76.7 cm³/mol. The Labute approximate surface area is 124 Å². The Morgan fingerprint density at radius 1 is 1.10 bits per heavy atom. The fourth-order valence-electron chi connectivity index (χ4n) is 1.69. The van der Waals surface area contributed by atoms with Crippen molar-refractivity contribution in [1.29, 1.82) is 0 Å². The molecule has 0 radical (unpaired) electrons. The molecule has 0 aliphatic carbocycles. The van der Waals surface area contributed by atoms with Crippen molar-refractivity contribution in [2.75, 3.05) is 14.2 Å². The van der Waals surface area contributed by atoms with Crippen molar-refractivity contribution in [1.82, 2.24) is 0 Å². The maximum Gasteiger partial charge on any atom is 0.318 e. The minimum atomic E-state index is -0.921. The number of nitrogens with zero attached hydrogens (tertiary/aromatic N) is 1. The smallest absolute Gasteiger partial charge is 0.318 e. The first-order valence-corrected chi connectivity index (χ1v) is 6.70. The lowest BCUT2D eigenvalue weighted by molar-refractivity contribution is -0.390. The van der Waals surface area contributed by atoms with Gasteiger partial charge in [-0.2, -0.15) is 4.39 Å². The van der Waals surface area contributed by atoms with Crippen LogP contribution in [-0.4, -0.2) is 19.1 Å². The van der Waals surface area contributed by atoms with Crippen molar-refractivity contribution in [3.8, 4) is 11.5 Å². The number of halogens is 1. The highest BCUT2D eigenvalue weighted by molar-refractivity contribution is 7.99. The van der Waals surface area contributed by atoms with Gasteiger partial charge in [-0.05, 0) is 24.3 Å². The molecule has 0 unspecified atom stereocenters. The standard InChI is InChI=1S/C14H12FNO4S/c1-19-9-3-5-11(6-4-9)21-13-8-10(20-2)7-12(15)14(13)16(17)18/h3-8H,1-2H3. The average molecular weight is 309 g/mol. The van der Waals surface area contributed by atoms with Crippen LogP contribution in [0, 0.1) is 15.9 Å². The summed E-state index contributed by atoms with van der Waals surface area (Å²) in [4.78, 5) is 11.2. The molecule has 110 valence electrons. The summed E-state index contributed by atoms with van der Waals surface area (Å²) in [5, 5.41) is 11.0. The first-order chi connectivity index (χ1) is 10.0. The molecule has 0 saturated carbocycles. The van der Waals surface area contributed by atoms with Crippen LogP contribution in [0.4, 0.5) is 10.1 Å². The average Bonchev–Trinajstić information content (AvgIpc) is 2.47. The third-order valence-electron chi connectivity index (χ3n) is 2.71. The van der Waals surface area contributed by atoms with Crippen LogP contribution in [-0.2, 0) is 0 Å². The van der Waals surface area contributed by atoms with Gasteiger partial charge in [-0.25, -0.2) is 0 Å².